The standard InChI is InChI=1S/C37H55N3O9/c41-22-29-14-26(6-9-33(29)45)15-32(44)19-38-12-2-1-4-25(18-40-21-37(49)28-8-11-35(47)31(17-28)24-43)5-3-13-39-20-36(48)27-7-10-34(46)30(16-27)23-42/h6-11,14,16-17,25,32,36-49H,1-5,12-13,15,18-24H2. The summed E-state index contributed by atoms with van der Waals surface area (Å²) in [6.07, 6.45) is 2.87. The van der Waals surface area contributed by atoms with Gasteiger partial charge in [0.05, 0.1) is 38.1 Å². The third kappa shape index (κ3) is 13.9. The van der Waals surface area contributed by atoms with Gasteiger partial charge in [-0.05, 0) is 111 Å². The van der Waals surface area contributed by atoms with E-state index in [9.17, 15) is 46.0 Å². The Morgan fingerprint density at radius 2 is 1.00 bits per heavy atom. The van der Waals surface area contributed by atoms with E-state index >= 15 is 0 Å². The minimum absolute atomic E-state index is 0.00602. The fourth-order valence-electron chi connectivity index (χ4n) is 5.83. The van der Waals surface area contributed by atoms with Crippen LogP contribution in [0.5, 0.6) is 17.2 Å². The van der Waals surface area contributed by atoms with Gasteiger partial charge in [-0.2, -0.15) is 0 Å². The van der Waals surface area contributed by atoms with Gasteiger partial charge in [0.1, 0.15) is 17.2 Å². The molecule has 0 aliphatic rings. The Bertz CT molecular complexity index is 1390. The Hall–Kier alpha value is -3.30. The zero-order valence-electron chi connectivity index (χ0n) is 28.1. The molecule has 0 aromatic heterocycles. The molecule has 0 heterocycles. The van der Waals surface area contributed by atoms with Gasteiger partial charge in [-0.15, -0.1) is 0 Å². The van der Waals surface area contributed by atoms with Crippen molar-refractivity contribution >= 4 is 0 Å². The lowest BCUT2D eigenvalue weighted by Crippen LogP contribution is -2.30. The molecule has 272 valence electrons. The summed E-state index contributed by atoms with van der Waals surface area (Å²) in [5.74, 6) is 0.352. The van der Waals surface area contributed by atoms with Crippen molar-refractivity contribution in [3.8, 4) is 17.2 Å². The first-order valence-electron chi connectivity index (χ1n) is 17.1. The first kappa shape index (κ1) is 40.1. The van der Waals surface area contributed by atoms with Crippen LogP contribution in [0.1, 0.15) is 77.7 Å². The van der Waals surface area contributed by atoms with Gasteiger partial charge in [-0.1, -0.05) is 24.6 Å². The van der Waals surface area contributed by atoms with Crippen LogP contribution in [-0.4, -0.2) is 91.3 Å². The summed E-state index contributed by atoms with van der Waals surface area (Å²) in [4.78, 5) is 0. The molecule has 4 unspecified atom stereocenters. The van der Waals surface area contributed by atoms with Crippen LogP contribution in [0.4, 0.5) is 0 Å². The quantitative estimate of drug-likeness (QED) is 0.0610. The Morgan fingerprint density at radius 1 is 0.510 bits per heavy atom. The molecule has 0 spiro atoms. The molecule has 0 saturated heterocycles. The van der Waals surface area contributed by atoms with Crippen LogP contribution >= 0.6 is 0 Å². The van der Waals surface area contributed by atoms with E-state index in [2.05, 4.69) is 16.0 Å². The fraction of sp³-hybridized carbons (Fsp3) is 0.514. The number of phenols is 3. The van der Waals surface area contributed by atoms with Crippen LogP contribution in [0.2, 0.25) is 0 Å². The minimum atomic E-state index is -0.798. The average molecular weight is 686 g/mol. The lowest BCUT2D eigenvalue weighted by Gasteiger charge is -2.20. The Labute approximate surface area is 288 Å². The first-order valence-corrected chi connectivity index (χ1v) is 17.1. The molecule has 0 amide bonds. The Balaban J connectivity index is 1.42. The molecule has 0 fully saturated rings. The van der Waals surface area contributed by atoms with Gasteiger partial charge >= 0.3 is 0 Å². The van der Waals surface area contributed by atoms with E-state index in [1.54, 1.807) is 36.4 Å². The third-order valence-electron chi connectivity index (χ3n) is 8.77. The van der Waals surface area contributed by atoms with Crippen LogP contribution in [0.25, 0.3) is 0 Å². The summed E-state index contributed by atoms with van der Waals surface area (Å²) >= 11 is 0. The molecule has 12 heteroatoms. The molecule has 49 heavy (non-hydrogen) atoms. The summed E-state index contributed by atoms with van der Waals surface area (Å²) in [5, 5.41) is 99.2. The van der Waals surface area contributed by atoms with Crippen molar-refractivity contribution < 1.29 is 46.0 Å². The summed E-state index contributed by atoms with van der Waals surface area (Å²) in [7, 11) is 0. The highest BCUT2D eigenvalue weighted by atomic mass is 16.3. The number of aromatic hydroxyl groups is 3. The van der Waals surface area contributed by atoms with Crippen LogP contribution in [0, 0.1) is 5.92 Å². The van der Waals surface area contributed by atoms with Gasteiger partial charge in [-0.25, -0.2) is 0 Å². The molecule has 0 aliphatic carbocycles. The molecule has 0 radical (unpaired) electrons. The number of aliphatic hydroxyl groups is 6. The normalized spacial score (nSPS) is 14.1. The Kier molecular flexibility index (Phi) is 17.8. The fourth-order valence-corrected chi connectivity index (χ4v) is 5.83. The van der Waals surface area contributed by atoms with E-state index in [-0.39, 0.29) is 37.1 Å². The van der Waals surface area contributed by atoms with E-state index < -0.39 is 18.3 Å². The molecule has 3 aromatic rings. The van der Waals surface area contributed by atoms with Crippen LogP contribution < -0.4 is 16.0 Å². The molecule has 0 saturated carbocycles. The predicted molar refractivity (Wildman–Crippen MR) is 187 cm³/mol. The number of aliphatic hydroxyl groups excluding tert-OH is 6. The maximum Gasteiger partial charge on any atom is 0.121 e. The van der Waals surface area contributed by atoms with Crippen LogP contribution in [-0.2, 0) is 26.2 Å². The highest BCUT2D eigenvalue weighted by molar-refractivity contribution is 5.38. The second kappa shape index (κ2) is 21.7. The van der Waals surface area contributed by atoms with Gasteiger partial charge in [-0.3, -0.25) is 0 Å². The molecule has 12 N–H and O–H groups in total. The Morgan fingerprint density at radius 3 is 1.59 bits per heavy atom. The van der Waals surface area contributed by atoms with Crippen molar-refractivity contribution in [3.63, 3.8) is 0 Å². The first-order chi connectivity index (χ1) is 23.6. The summed E-state index contributed by atoms with van der Waals surface area (Å²) in [6, 6.07) is 14.4. The van der Waals surface area contributed by atoms with Crippen molar-refractivity contribution in [3.05, 3.63) is 88.0 Å². The number of rotatable bonds is 24. The van der Waals surface area contributed by atoms with E-state index in [1.165, 1.54) is 18.2 Å². The van der Waals surface area contributed by atoms with Crippen molar-refractivity contribution in [2.24, 2.45) is 5.92 Å². The highest BCUT2D eigenvalue weighted by Gasteiger charge is 2.15. The lowest BCUT2D eigenvalue weighted by atomic mass is 9.96. The highest BCUT2D eigenvalue weighted by Crippen LogP contribution is 2.24. The van der Waals surface area contributed by atoms with E-state index in [1.807, 2.05) is 0 Å². The minimum Gasteiger partial charge on any atom is -0.508 e. The number of nitrogens with one attached hydrogen (secondary N) is 3. The molecular weight excluding hydrogens is 630 g/mol. The molecular formula is C37H55N3O9. The molecule has 0 bridgehead atoms. The molecule has 4 atom stereocenters. The van der Waals surface area contributed by atoms with Crippen LogP contribution in [0.3, 0.4) is 0 Å². The van der Waals surface area contributed by atoms with Gasteiger partial charge in [0.25, 0.3) is 0 Å². The van der Waals surface area contributed by atoms with Gasteiger partial charge < -0.3 is 61.9 Å². The van der Waals surface area contributed by atoms with Crippen molar-refractivity contribution in [1.82, 2.24) is 16.0 Å². The largest absolute Gasteiger partial charge is 0.508 e. The van der Waals surface area contributed by atoms with E-state index in [4.69, 9.17) is 0 Å². The van der Waals surface area contributed by atoms with Crippen molar-refractivity contribution in [2.45, 2.75) is 76.7 Å². The second-order valence-electron chi connectivity index (χ2n) is 12.7. The van der Waals surface area contributed by atoms with Gasteiger partial charge in [0, 0.05) is 36.3 Å². The predicted octanol–water partition coefficient (Wildman–Crippen LogP) is 1.99. The summed E-state index contributed by atoms with van der Waals surface area (Å²) in [6.45, 7) is 2.32. The monoisotopic (exact) mass is 685 g/mol. The van der Waals surface area contributed by atoms with E-state index in [0.29, 0.717) is 72.9 Å². The number of benzene rings is 3. The summed E-state index contributed by atoms with van der Waals surface area (Å²) in [5.41, 5.74) is 3.24. The van der Waals surface area contributed by atoms with Crippen molar-refractivity contribution in [1.29, 1.82) is 0 Å². The topological polar surface area (TPSA) is 218 Å². The molecule has 3 aromatic carbocycles. The van der Waals surface area contributed by atoms with Crippen LogP contribution in [0.15, 0.2) is 54.6 Å². The summed E-state index contributed by atoms with van der Waals surface area (Å²) < 4.78 is 0. The van der Waals surface area contributed by atoms with Gasteiger partial charge in [0.2, 0.25) is 0 Å². The van der Waals surface area contributed by atoms with Crippen molar-refractivity contribution in [2.75, 3.05) is 39.3 Å². The number of unbranched alkanes of at least 4 members (excludes halogenated alkanes) is 1. The SMILES string of the molecule is OCc1cc(CC(O)CNCCCCC(CCCNCC(O)c2ccc(O)c(CO)c2)CNCC(O)c2ccc(O)c(CO)c2)ccc1O. The van der Waals surface area contributed by atoms with Gasteiger partial charge in [0.15, 0.2) is 0 Å². The third-order valence-corrected chi connectivity index (χ3v) is 8.77. The zero-order valence-corrected chi connectivity index (χ0v) is 28.1. The molecule has 0 aliphatic heterocycles. The second-order valence-corrected chi connectivity index (χ2v) is 12.7. The number of hydrogen-bond acceptors (Lipinski definition) is 12. The molecule has 3 rings (SSSR count). The van der Waals surface area contributed by atoms with E-state index in [0.717, 1.165) is 44.2 Å². The average Bonchev–Trinajstić information content (AvgIpc) is 3.10. The molecule has 12 nitrogen and oxygen atoms in total. The maximum atomic E-state index is 10.7. The smallest absolute Gasteiger partial charge is 0.121 e. The maximum absolute atomic E-state index is 10.7. The number of hydrogen-bond donors (Lipinski definition) is 12. The lowest BCUT2D eigenvalue weighted by molar-refractivity contribution is 0.169. The zero-order chi connectivity index (χ0) is 35.6.